The van der Waals surface area contributed by atoms with Crippen LogP contribution in [0.2, 0.25) is 0 Å². The van der Waals surface area contributed by atoms with Crippen molar-refractivity contribution in [2.75, 3.05) is 30.1 Å². The second kappa shape index (κ2) is 7.88. The second-order valence-electron chi connectivity index (χ2n) is 6.17. The smallest absolute Gasteiger partial charge is 0.229 e. The number of thioether (sulfide) groups is 1. The number of anilines is 1. The summed E-state index contributed by atoms with van der Waals surface area (Å²) in [6, 6.07) is 7.32. The van der Waals surface area contributed by atoms with Crippen molar-refractivity contribution >= 4 is 40.3 Å². The molecule has 3 rings (SSSR count). The summed E-state index contributed by atoms with van der Waals surface area (Å²) in [4.78, 5) is 26.4. The number of hydrogen-bond acceptors (Lipinski definition) is 5. The fraction of sp³-hybridized carbons (Fsp3) is 0.471. The molecule has 3 N–H and O–H groups in total. The van der Waals surface area contributed by atoms with Crippen LogP contribution in [0, 0.1) is 5.92 Å². The molecule has 1 aromatic heterocycles. The van der Waals surface area contributed by atoms with Crippen LogP contribution in [0.4, 0.5) is 5.82 Å². The topological polar surface area (TPSA) is 98.3 Å². The number of nitrogens with one attached hydrogen (secondary N) is 2. The van der Waals surface area contributed by atoms with Gasteiger partial charge in [0.15, 0.2) is 5.82 Å². The Morgan fingerprint density at radius 1 is 1.52 bits per heavy atom. The Balaban J connectivity index is 1.68. The van der Waals surface area contributed by atoms with Gasteiger partial charge in [-0.3, -0.25) is 19.6 Å². The molecule has 1 saturated heterocycles. The molecule has 25 heavy (non-hydrogen) atoms. The van der Waals surface area contributed by atoms with Crippen LogP contribution in [-0.4, -0.2) is 58.3 Å². The predicted molar refractivity (Wildman–Crippen MR) is 98.6 cm³/mol. The highest BCUT2D eigenvalue weighted by Crippen LogP contribution is 2.29. The molecule has 8 heteroatoms. The van der Waals surface area contributed by atoms with Crippen LogP contribution in [0.5, 0.6) is 0 Å². The number of aliphatic hydroxyl groups excluding tert-OH is 1. The van der Waals surface area contributed by atoms with E-state index in [0.29, 0.717) is 18.8 Å². The van der Waals surface area contributed by atoms with E-state index in [-0.39, 0.29) is 30.9 Å². The molecular weight excluding hydrogens is 340 g/mol. The molecule has 0 spiro atoms. The number of carbonyl (C=O) groups is 2. The molecule has 0 unspecified atom stereocenters. The number of aromatic amines is 1. The zero-order chi connectivity index (χ0) is 17.8. The minimum Gasteiger partial charge on any atom is -0.394 e. The van der Waals surface area contributed by atoms with E-state index in [9.17, 15) is 14.7 Å². The first-order valence-electron chi connectivity index (χ1n) is 8.27. The maximum Gasteiger partial charge on any atom is 0.229 e. The number of carbonyl (C=O) groups excluding carboxylic acids is 2. The van der Waals surface area contributed by atoms with Crippen LogP contribution in [0.15, 0.2) is 24.3 Å². The van der Waals surface area contributed by atoms with Crippen molar-refractivity contribution in [3.05, 3.63) is 24.3 Å². The number of fused-ring (bicyclic) bond motifs is 1. The monoisotopic (exact) mass is 362 g/mol. The van der Waals surface area contributed by atoms with Gasteiger partial charge in [-0.05, 0) is 30.6 Å². The number of rotatable bonds is 7. The van der Waals surface area contributed by atoms with Crippen molar-refractivity contribution < 1.29 is 14.7 Å². The number of nitrogens with zero attached hydrogens (tertiary/aromatic N) is 2. The summed E-state index contributed by atoms with van der Waals surface area (Å²) in [5, 5.41) is 20.3. The van der Waals surface area contributed by atoms with Gasteiger partial charge in [0.1, 0.15) is 0 Å². The molecule has 0 aliphatic carbocycles. The van der Waals surface area contributed by atoms with Crippen LogP contribution in [-0.2, 0) is 9.59 Å². The summed E-state index contributed by atoms with van der Waals surface area (Å²) in [5.74, 6) is 0.710. The third-order valence-electron chi connectivity index (χ3n) is 4.44. The van der Waals surface area contributed by atoms with Gasteiger partial charge < -0.3 is 10.4 Å². The highest BCUT2D eigenvalue weighted by atomic mass is 32.2. The summed E-state index contributed by atoms with van der Waals surface area (Å²) >= 11 is 1.67. The van der Waals surface area contributed by atoms with Crippen molar-refractivity contribution in [3.8, 4) is 0 Å². The number of aliphatic hydroxyl groups is 1. The Kier molecular flexibility index (Phi) is 5.60. The largest absolute Gasteiger partial charge is 0.394 e. The van der Waals surface area contributed by atoms with E-state index in [4.69, 9.17) is 0 Å². The zero-order valence-corrected chi connectivity index (χ0v) is 14.9. The van der Waals surface area contributed by atoms with E-state index in [1.54, 1.807) is 16.7 Å². The fourth-order valence-corrected chi connectivity index (χ4v) is 3.55. The molecule has 2 atom stereocenters. The zero-order valence-electron chi connectivity index (χ0n) is 14.1. The van der Waals surface area contributed by atoms with Crippen LogP contribution < -0.4 is 10.2 Å². The number of benzene rings is 1. The third-order valence-corrected chi connectivity index (χ3v) is 5.08. The van der Waals surface area contributed by atoms with E-state index in [1.165, 1.54) is 0 Å². The van der Waals surface area contributed by atoms with Crippen molar-refractivity contribution in [2.45, 2.75) is 18.9 Å². The van der Waals surface area contributed by atoms with Gasteiger partial charge in [0.2, 0.25) is 11.8 Å². The van der Waals surface area contributed by atoms with Crippen LogP contribution in [0.1, 0.15) is 12.8 Å². The first-order valence-corrected chi connectivity index (χ1v) is 9.67. The molecule has 0 bridgehead atoms. The number of aromatic nitrogens is 2. The molecule has 1 fully saturated rings. The number of H-pyrrole nitrogens is 1. The van der Waals surface area contributed by atoms with E-state index >= 15 is 0 Å². The second-order valence-corrected chi connectivity index (χ2v) is 7.15. The average molecular weight is 362 g/mol. The quantitative estimate of drug-likeness (QED) is 0.686. The lowest BCUT2D eigenvalue weighted by atomic mass is 10.1. The molecule has 2 amide bonds. The van der Waals surface area contributed by atoms with Crippen molar-refractivity contribution in [1.29, 1.82) is 0 Å². The summed E-state index contributed by atoms with van der Waals surface area (Å²) < 4.78 is 0. The van der Waals surface area contributed by atoms with E-state index in [2.05, 4.69) is 15.5 Å². The minimum absolute atomic E-state index is 0.0965. The van der Waals surface area contributed by atoms with Crippen LogP contribution >= 0.6 is 11.8 Å². The Morgan fingerprint density at radius 3 is 3.08 bits per heavy atom. The first kappa shape index (κ1) is 17.8. The van der Waals surface area contributed by atoms with E-state index < -0.39 is 5.92 Å². The number of para-hydroxylation sites is 1. The number of hydrogen-bond donors (Lipinski definition) is 3. The molecule has 1 aliphatic rings. The molecule has 2 heterocycles. The highest BCUT2D eigenvalue weighted by molar-refractivity contribution is 7.98. The van der Waals surface area contributed by atoms with Gasteiger partial charge in [-0.1, -0.05) is 12.1 Å². The summed E-state index contributed by atoms with van der Waals surface area (Å²) in [6.07, 6.45) is 2.85. The van der Waals surface area contributed by atoms with Gasteiger partial charge in [0, 0.05) is 18.4 Å². The lowest BCUT2D eigenvalue weighted by molar-refractivity contribution is -0.127. The Morgan fingerprint density at radius 2 is 2.32 bits per heavy atom. The van der Waals surface area contributed by atoms with Crippen molar-refractivity contribution in [3.63, 3.8) is 0 Å². The fourth-order valence-electron chi connectivity index (χ4n) is 3.03. The molecule has 2 aromatic rings. The van der Waals surface area contributed by atoms with Gasteiger partial charge >= 0.3 is 0 Å². The van der Waals surface area contributed by atoms with Crippen LogP contribution in [0.25, 0.3) is 10.9 Å². The Labute approximate surface area is 150 Å². The van der Waals surface area contributed by atoms with Gasteiger partial charge in [-0.15, -0.1) is 0 Å². The Bertz CT molecular complexity index is 763. The predicted octanol–water partition coefficient (Wildman–Crippen LogP) is 1.15. The normalized spacial score (nSPS) is 18.7. The molecule has 0 saturated carbocycles. The summed E-state index contributed by atoms with van der Waals surface area (Å²) in [6.45, 7) is 0.209. The summed E-state index contributed by atoms with van der Waals surface area (Å²) in [5.41, 5.74) is 0.857. The molecule has 1 aliphatic heterocycles. The molecule has 0 radical (unpaired) electrons. The summed E-state index contributed by atoms with van der Waals surface area (Å²) in [7, 11) is 0. The number of amides is 2. The van der Waals surface area contributed by atoms with Crippen molar-refractivity contribution in [1.82, 2.24) is 15.5 Å². The first-order chi connectivity index (χ1) is 12.1. The maximum absolute atomic E-state index is 12.5. The molecular formula is C17H22N4O3S. The minimum atomic E-state index is -0.425. The standard InChI is InChI=1S/C17H22N4O3S/c1-25-7-6-12(10-22)18-17(24)11-8-15(23)21(9-11)16-13-4-2-3-5-14(13)19-20-16/h2-5,11-12,22H,6-10H2,1H3,(H,18,24)(H,19,20)/t11-,12+/m0/s1. The average Bonchev–Trinajstić information content (AvgIpc) is 3.21. The van der Waals surface area contributed by atoms with Crippen molar-refractivity contribution in [2.24, 2.45) is 5.92 Å². The molecule has 1 aromatic carbocycles. The van der Waals surface area contributed by atoms with Gasteiger partial charge in [0.25, 0.3) is 0 Å². The maximum atomic E-state index is 12.5. The lowest BCUT2D eigenvalue weighted by Crippen LogP contribution is -2.42. The third kappa shape index (κ3) is 3.80. The highest BCUT2D eigenvalue weighted by Gasteiger charge is 2.37. The molecule has 7 nitrogen and oxygen atoms in total. The van der Waals surface area contributed by atoms with Gasteiger partial charge in [0.05, 0.1) is 24.1 Å². The van der Waals surface area contributed by atoms with Gasteiger partial charge in [-0.25, -0.2) is 0 Å². The van der Waals surface area contributed by atoms with Gasteiger partial charge in [-0.2, -0.15) is 16.9 Å². The Hall–Kier alpha value is -2.06. The van der Waals surface area contributed by atoms with Crippen LogP contribution in [0.3, 0.4) is 0 Å². The van der Waals surface area contributed by atoms with E-state index in [1.807, 2.05) is 30.5 Å². The lowest BCUT2D eigenvalue weighted by Gasteiger charge is -2.18. The van der Waals surface area contributed by atoms with E-state index in [0.717, 1.165) is 16.7 Å². The molecule has 134 valence electrons. The SMILES string of the molecule is CSCC[C@H](CO)NC(=O)[C@H]1CC(=O)N(c2n[nH]c3ccccc23)C1.